The largest absolute Gasteiger partial charge is 0.395 e. The van der Waals surface area contributed by atoms with Crippen molar-refractivity contribution in [2.45, 2.75) is 6.54 Å². The zero-order valence-corrected chi connectivity index (χ0v) is 12.5. The van der Waals surface area contributed by atoms with E-state index >= 15 is 0 Å². The lowest BCUT2D eigenvalue weighted by atomic mass is 10.1. The third-order valence-electron chi connectivity index (χ3n) is 4.13. The number of nitrogens with zero attached hydrogens (tertiary/aromatic N) is 3. The Hall–Kier alpha value is -1.76. The molecule has 22 heavy (non-hydrogen) atoms. The minimum absolute atomic E-state index is 0.219. The topological polar surface area (TPSA) is 55.4 Å². The number of halogens is 1. The fourth-order valence-electron chi connectivity index (χ4n) is 2.85. The molecule has 0 aliphatic carbocycles. The summed E-state index contributed by atoms with van der Waals surface area (Å²) in [6.45, 7) is 5.71. The van der Waals surface area contributed by atoms with Gasteiger partial charge in [-0.3, -0.25) is 14.9 Å². The van der Waals surface area contributed by atoms with E-state index in [-0.39, 0.29) is 12.4 Å². The van der Waals surface area contributed by atoms with E-state index in [9.17, 15) is 4.39 Å². The lowest BCUT2D eigenvalue weighted by Gasteiger charge is -2.34. The number of benzene rings is 1. The second-order valence-electron chi connectivity index (χ2n) is 5.62. The quantitative estimate of drug-likeness (QED) is 0.875. The Balaban J connectivity index is 1.65. The van der Waals surface area contributed by atoms with Crippen LogP contribution in [-0.2, 0) is 6.54 Å². The summed E-state index contributed by atoms with van der Waals surface area (Å²) in [4.78, 5) is 4.65. The van der Waals surface area contributed by atoms with E-state index in [0.29, 0.717) is 0 Å². The second kappa shape index (κ2) is 7.00. The molecule has 0 atom stereocenters. The summed E-state index contributed by atoms with van der Waals surface area (Å²) in [5.74, 6) is -0.232. The maximum absolute atomic E-state index is 13.0. The van der Waals surface area contributed by atoms with Gasteiger partial charge < -0.3 is 5.11 Å². The molecule has 1 aromatic heterocycles. The van der Waals surface area contributed by atoms with Crippen molar-refractivity contribution in [3.05, 3.63) is 41.8 Å². The van der Waals surface area contributed by atoms with Gasteiger partial charge in [0.05, 0.1) is 18.5 Å². The summed E-state index contributed by atoms with van der Waals surface area (Å²) < 4.78 is 13.0. The first-order valence-corrected chi connectivity index (χ1v) is 7.60. The van der Waals surface area contributed by atoms with Crippen LogP contribution in [0.15, 0.2) is 30.5 Å². The van der Waals surface area contributed by atoms with E-state index in [4.69, 9.17) is 5.11 Å². The van der Waals surface area contributed by atoms with Crippen molar-refractivity contribution in [2.24, 2.45) is 0 Å². The number of aromatic nitrogens is 2. The number of piperazine rings is 1. The number of β-amino-alcohol motifs (C(OH)–C–C–N with tert-alkyl or cyclic N) is 1. The first-order valence-electron chi connectivity index (χ1n) is 7.60. The van der Waals surface area contributed by atoms with Crippen molar-refractivity contribution < 1.29 is 9.50 Å². The molecule has 2 N–H and O–H groups in total. The summed E-state index contributed by atoms with van der Waals surface area (Å²) in [7, 11) is 0. The zero-order valence-electron chi connectivity index (χ0n) is 12.5. The fraction of sp³-hybridized carbons (Fsp3) is 0.438. The van der Waals surface area contributed by atoms with Crippen molar-refractivity contribution in [1.29, 1.82) is 0 Å². The molecule has 118 valence electrons. The second-order valence-corrected chi connectivity index (χ2v) is 5.62. The molecule has 2 heterocycles. The molecule has 1 saturated heterocycles. The standard InChI is InChI=1S/C16H21FN4O/c17-15-3-1-13(2-4-15)16-14(11-18-19-16)12-21-7-5-20(6-8-21)9-10-22/h1-4,11,22H,5-10,12H2,(H,18,19). The van der Waals surface area contributed by atoms with Crippen LogP contribution in [0.3, 0.4) is 0 Å². The van der Waals surface area contributed by atoms with Gasteiger partial charge in [-0.05, 0) is 24.3 Å². The normalized spacial score (nSPS) is 17.0. The molecule has 1 aliphatic rings. The van der Waals surface area contributed by atoms with Crippen LogP contribution in [0, 0.1) is 5.82 Å². The number of rotatable bonds is 5. The number of aromatic amines is 1. The molecule has 0 amide bonds. The van der Waals surface area contributed by atoms with Crippen LogP contribution in [0.25, 0.3) is 11.3 Å². The summed E-state index contributed by atoms with van der Waals surface area (Å²) >= 11 is 0. The number of H-pyrrole nitrogens is 1. The van der Waals surface area contributed by atoms with Gasteiger partial charge >= 0.3 is 0 Å². The Kier molecular flexibility index (Phi) is 4.82. The Labute approximate surface area is 129 Å². The van der Waals surface area contributed by atoms with E-state index < -0.39 is 0 Å². The summed E-state index contributed by atoms with van der Waals surface area (Å²) in [5, 5.41) is 16.1. The molecule has 0 bridgehead atoms. The SMILES string of the molecule is OCCN1CCN(Cc2cn[nH]c2-c2ccc(F)cc2)CC1. The highest BCUT2D eigenvalue weighted by Crippen LogP contribution is 2.23. The molecule has 1 fully saturated rings. The number of aliphatic hydroxyl groups excluding tert-OH is 1. The predicted octanol–water partition coefficient (Wildman–Crippen LogP) is 1.33. The molecule has 6 heteroatoms. The minimum atomic E-state index is -0.232. The predicted molar refractivity (Wildman–Crippen MR) is 82.8 cm³/mol. The summed E-state index contributed by atoms with van der Waals surface area (Å²) in [6.07, 6.45) is 1.85. The van der Waals surface area contributed by atoms with Gasteiger partial charge in [-0.15, -0.1) is 0 Å². The molecule has 2 aromatic rings. The average molecular weight is 304 g/mol. The number of hydrogen-bond acceptors (Lipinski definition) is 4. The third kappa shape index (κ3) is 3.52. The van der Waals surface area contributed by atoms with Crippen LogP contribution in [0.1, 0.15) is 5.56 Å². The highest BCUT2D eigenvalue weighted by Gasteiger charge is 2.18. The van der Waals surface area contributed by atoms with Gasteiger partial charge in [-0.2, -0.15) is 5.10 Å². The van der Waals surface area contributed by atoms with Crippen molar-refractivity contribution in [1.82, 2.24) is 20.0 Å². The summed E-state index contributed by atoms with van der Waals surface area (Å²) in [5.41, 5.74) is 3.04. The molecule has 0 saturated carbocycles. The average Bonchev–Trinajstić information content (AvgIpc) is 2.98. The monoisotopic (exact) mass is 304 g/mol. The van der Waals surface area contributed by atoms with E-state index in [0.717, 1.165) is 56.1 Å². The minimum Gasteiger partial charge on any atom is -0.395 e. The van der Waals surface area contributed by atoms with E-state index in [1.165, 1.54) is 12.1 Å². The van der Waals surface area contributed by atoms with Gasteiger partial charge in [0.25, 0.3) is 0 Å². The smallest absolute Gasteiger partial charge is 0.123 e. The van der Waals surface area contributed by atoms with Crippen molar-refractivity contribution >= 4 is 0 Å². The number of aliphatic hydroxyl groups is 1. The number of nitrogens with one attached hydrogen (secondary N) is 1. The van der Waals surface area contributed by atoms with Crippen LogP contribution < -0.4 is 0 Å². The molecule has 5 nitrogen and oxygen atoms in total. The van der Waals surface area contributed by atoms with Crippen LogP contribution in [-0.4, -0.2) is 64.4 Å². The van der Waals surface area contributed by atoms with Gasteiger partial charge in [0.15, 0.2) is 0 Å². The van der Waals surface area contributed by atoms with E-state index in [1.807, 2.05) is 6.20 Å². The van der Waals surface area contributed by atoms with Crippen LogP contribution in [0.2, 0.25) is 0 Å². The van der Waals surface area contributed by atoms with Gasteiger partial charge in [-0.1, -0.05) is 0 Å². The molecule has 0 unspecified atom stereocenters. The Morgan fingerprint density at radius 1 is 1.09 bits per heavy atom. The number of hydrogen-bond donors (Lipinski definition) is 2. The molecular weight excluding hydrogens is 283 g/mol. The fourth-order valence-corrected chi connectivity index (χ4v) is 2.85. The first kappa shape index (κ1) is 15.1. The lowest BCUT2D eigenvalue weighted by molar-refractivity contribution is 0.108. The van der Waals surface area contributed by atoms with Gasteiger partial charge in [0.2, 0.25) is 0 Å². The van der Waals surface area contributed by atoms with Gasteiger partial charge in [-0.25, -0.2) is 4.39 Å². The molecule has 1 aliphatic heterocycles. The summed E-state index contributed by atoms with van der Waals surface area (Å²) in [6, 6.07) is 6.47. The Morgan fingerprint density at radius 3 is 2.45 bits per heavy atom. The molecule has 0 spiro atoms. The van der Waals surface area contributed by atoms with E-state index in [1.54, 1.807) is 12.1 Å². The zero-order chi connectivity index (χ0) is 15.4. The lowest BCUT2D eigenvalue weighted by Crippen LogP contribution is -2.46. The van der Waals surface area contributed by atoms with Crippen LogP contribution in [0.5, 0.6) is 0 Å². The third-order valence-corrected chi connectivity index (χ3v) is 4.13. The molecule has 3 rings (SSSR count). The van der Waals surface area contributed by atoms with Crippen molar-refractivity contribution in [2.75, 3.05) is 39.3 Å². The highest BCUT2D eigenvalue weighted by atomic mass is 19.1. The van der Waals surface area contributed by atoms with E-state index in [2.05, 4.69) is 20.0 Å². The van der Waals surface area contributed by atoms with Crippen LogP contribution >= 0.6 is 0 Å². The maximum Gasteiger partial charge on any atom is 0.123 e. The highest BCUT2D eigenvalue weighted by molar-refractivity contribution is 5.62. The van der Waals surface area contributed by atoms with Crippen molar-refractivity contribution in [3.8, 4) is 11.3 Å². The molecule has 1 aromatic carbocycles. The Morgan fingerprint density at radius 2 is 1.77 bits per heavy atom. The molecular formula is C16H21FN4O. The first-order chi connectivity index (χ1) is 10.8. The maximum atomic E-state index is 13.0. The molecule has 0 radical (unpaired) electrons. The Bertz CT molecular complexity index is 590. The van der Waals surface area contributed by atoms with Gasteiger partial charge in [0, 0.05) is 50.4 Å². The van der Waals surface area contributed by atoms with Gasteiger partial charge in [0.1, 0.15) is 5.82 Å². The van der Waals surface area contributed by atoms with Crippen LogP contribution in [0.4, 0.5) is 4.39 Å². The van der Waals surface area contributed by atoms with Crippen molar-refractivity contribution in [3.63, 3.8) is 0 Å².